The molecule has 96 valence electrons. The highest BCUT2D eigenvalue weighted by Gasteiger charge is 2.04. The summed E-state index contributed by atoms with van der Waals surface area (Å²) in [5.74, 6) is 0.189. The molecule has 0 aliphatic carbocycles. The molecule has 1 aromatic carbocycles. The number of aromatic nitrogens is 3. The van der Waals surface area contributed by atoms with Gasteiger partial charge in [-0.3, -0.25) is 0 Å². The number of fused-ring (bicyclic) bond motifs is 1. The molecule has 6 heteroatoms. The third kappa shape index (κ3) is 2.24. The van der Waals surface area contributed by atoms with Crippen LogP contribution in [0.15, 0.2) is 36.8 Å². The SMILES string of the molecule is Cn1cnc2cc(Nc3ccc(F)c(Cl)c3)ncc21. The van der Waals surface area contributed by atoms with Crippen molar-refractivity contribution in [2.75, 3.05) is 5.32 Å². The second-order valence-electron chi connectivity index (χ2n) is 4.17. The molecular weight excluding hydrogens is 267 g/mol. The summed E-state index contributed by atoms with van der Waals surface area (Å²) in [6.45, 7) is 0. The Labute approximate surface area is 113 Å². The first-order chi connectivity index (χ1) is 9.13. The van der Waals surface area contributed by atoms with Crippen molar-refractivity contribution in [2.24, 2.45) is 7.05 Å². The molecule has 0 unspecified atom stereocenters. The van der Waals surface area contributed by atoms with Crippen LogP contribution in [0.25, 0.3) is 11.0 Å². The third-order valence-corrected chi connectivity index (χ3v) is 3.09. The van der Waals surface area contributed by atoms with Crippen LogP contribution in [-0.2, 0) is 7.05 Å². The van der Waals surface area contributed by atoms with Gasteiger partial charge in [0.05, 0.1) is 28.6 Å². The second-order valence-corrected chi connectivity index (χ2v) is 4.57. The molecule has 19 heavy (non-hydrogen) atoms. The van der Waals surface area contributed by atoms with Crippen molar-refractivity contribution in [2.45, 2.75) is 0 Å². The predicted octanol–water partition coefficient (Wildman–Crippen LogP) is 3.50. The molecule has 0 saturated carbocycles. The zero-order valence-corrected chi connectivity index (χ0v) is 10.8. The maximum atomic E-state index is 13.1. The molecule has 0 bridgehead atoms. The van der Waals surface area contributed by atoms with Crippen molar-refractivity contribution in [1.82, 2.24) is 14.5 Å². The minimum absolute atomic E-state index is 0.0731. The topological polar surface area (TPSA) is 42.7 Å². The van der Waals surface area contributed by atoms with Crippen molar-refractivity contribution in [3.05, 3.63) is 47.6 Å². The Morgan fingerprint density at radius 1 is 1.26 bits per heavy atom. The molecule has 0 fully saturated rings. The van der Waals surface area contributed by atoms with E-state index < -0.39 is 5.82 Å². The fraction of sp³-hybridized carbons (Fsp3) is 0.0769. The van der Waals surface area contributed by atoms with Gasteiger partial charge in [0.25, 0.3) is 0 Å². The maximum absolute atomic E-state index is 13.1. The summed E-state index contributed by atoms with van der Waals surface area (Å²) in [7, 11) is 1.91. The summed E-state index contributed by atoms with van der Waals surface area (Å²) in [5, 5.41) is 3.13. The van der Waals surface area contributed by atoms with Crippen molar-refractivity contribution >= 4 is 34.1 Å². The number of hydrogen-bond acceptors (Lipinski definition) is 3. The van der Waals surface area contributed by atoms with Gasteiger partial charge >= 0.3 is 0 Å². The van der Waals surface area contributed by atoms with E-state index in [1.54, 1.807) is 18.6 Å². The Balaban J connectivity index is 1.94. The number of benzene rings is 1. The van der Waals surface area contributed by atoms with Crippen molar-refractivity contribution in [3.8, 4) is 0 Å². The molecule has 0 aliphatic rings. The highest BCUT2D eigenvalue weighted by atomic mass is 35.5. The Morgan fingerprint density at radius 2 is 2.11 bits per heavy atom. The molecular formula is C13H10ClFN4. The quantitative estimate of drug-likeness (QED) is 0.779. The van der Waals surface area contributed by atoms with Crippen LogP contribution in [0.1, 0.15) is 0 Å². The van der Waals surface area contributed by atoms with Gasteiger partial charge in [0.15, 0.2) is 0 Å². The van der Waals surface area contributed by atoms with Crippen LogP contribution in [0, 0.1) is 5.82 Å². The van der Waals surface area contributed by atoms with Crippen LogP contribution in [0.3, 0.4) is 0 Å². The fourth-order valence-corrected chi connectivity index (χ4v) is 1.99. The summed E-state index contributed by atoms with van der Waals surface area (Å²) in [5.41, 5.74) is 2.46. The lowest BCUT2D eigenvalue weighted by atomic mass is 10.3. The zero-order valence-electron chi connectivity index (χ0n) is 10.1. The number of anilines is 2. The third-order valence-electron chi connectivity index (χ3n) is 2.80. The molecule has 4 nitrogen and oxygen atoms in total. The number of nitrogens with zero attached hydrogens (tertiary/aromatic N) is 3. The number of rotatable bonds is 2. The second kappa shape index (κ2) is 4.51. The predicted molar refractivity (Wildman–Crippen MR) is 73.2 cm³/mol. The van der Waals surface area contributed by atoms with Gasteiger partial charge in [-0.05, 0) is 18.2 Å². The molecule has 0 saturated heterocycles. The molecule has 0 radical (unpaired) electrons. The van der Waals surface area contributed by atoms with E-state index in [9.17, 15) is 4.39 Å². The van der Waals surface area contributed by atoms with Crippen LogP contribution < -0.4 is 5.32 Å². The first-order valence-electron chi connectivity index (χ1n) is 5.62. The Hall–Kier alpha value is -2.14. The minimum Gasteiger partial charge on any atom is -0.340 e. The fourth-order valence-electron chi connectivity index (χ4n) is 1.81. The van der Waals surface area contributed by atoms with Crippen LogP contribution in [-0.4, -0.2) is 14.5 Å². The van der Waals surface area contributed by atoms with Gasteiger partial charge in [-0.2, -0.15) is 0 Å². The normalized spacial score (nSPS) is 10.9. The van der Waals surface area contributed by atoms with Crippen LogP contribution in [0.4, 0.5) is 15.9 Å². The van der Waals surface area contributed by atoms with Gasteiger partial charge in [0, 0.05) is 18.8 Å². The molecule has 0 amide bonds. The maximum Gasteiger partial charge on any atom is 0.141 e. The highest BCUT2D eigenvalue weighted by molar-refractivity contribution is 6.31. The molecule has 0 atom stereocenters. The largest absolute Gasteiger partial charge is 0.340 e. The zero-order chi connectivity index (χ0) is 13.4. The van der Waals surface area contributed by atoms with Crippen molar-refractivity contribution < 1.29 is 4.39 Å². The first-order valence-corrected chi connectivity index (χ1v) is 6.00. The van der Waals surface area contributed by atoms with E-state index in [1.807, 2.05) is 17.7 Å². The van der Waals surface area contributed by atoms with E-state index in [0.717, 1.165) is 11.0 Å². The van der Waals surface area contributed by atoms with E-state index in [4.69, 9.17) is 11.6 Å². The van der Waals surface area contributed by atoms with E-state index in [0.29, 0.717) is 11.5 Å². The van der Waals surface area contributed by atoms with Gasteiger partial charge in [-0.15, -0.1) is 0 Å². The first kappa shape index (κ1) is 11.9. The van der Waals surface area contributed by atoms with Gasteiger partial charge in [0.1, 0.15) is 11.6 Å². The molecule has 1 N–H and O–H groups in total. The average molecular weight is 277 g/mol. The van der Waals surface area contributed by atoms with Gasteiger partial charge in [0.2, 0.25) is 0 Å². The molecule has 0 spiro atoms. The van der Waals surface area contributed by atoms with Gasteiger partial charge in [-0.1, -0.05) is 11.6 Å². The van der Waals surface area contributed by atoms with Crippen LogP contribution in [0.5, 0.6) is 0 Å². The lowest BCUT2D eigenvalue weighted by Gasteiger charge is -2.06. The molecule has 0 aliphatic heterocycles. The molecule has 3 aromatic rings. The van der Waals surface area contributed by atoms with Gasteiger partial charge in [-0.25, -0.2) is 14.4 Å². The lowest BCUT2D eigenvalue weighted by Crippen LogP contribution is -1.94. The Kier molecular flexibility index (Phi) is 2.83. The highest BCUT2D eigenvalue weighted by Crippen LogP contribution is 2.23. The van der Waals surface area contributed by atoms with E-state index >= 15 is 0 Å². The van der Waals surface area contributed by atoms with E-state index in [2.05, 4.69) is 15.3 Å². The number of aryl methyl sites for hydroxylation is 1. The Morgan fingerprint density at radius 3 is 2.89 bits per heavy atom. The summed E-state index contributed by atoms with van der Waals surface area (Å²) in [4.78, 5) is 8.53. The smallest absolute Gasteiger partial charge is 0.141 e. The summed E-state index contributed by atoms with van der Waals surface area (Å²) in [6, 6.07) is 6.25. The lowest BCUT2D eigenvalue weighted by molar-refractivity contribution is 0.628. The summed E-state index contributed by atoms with van der Waals surface area (Å²) < 4.78 is 15.0. The van der Waals surface area contributed by atoms with Crippen LogP contribution in [0.2, 0.25) is 5.02 Å². The van der Waals surface area contributed by atoms with E-state index in [1.165, 1.54) is 12.1 Å². The number of imidazole rings is 1. The van der Waals surface area contributed by atoms with E-state index in [-0.39, 0.29) is 5.02 Å². The standard InChI is InChI=1S/C13H10ClFN4/c1-19-7-17-11-5-13(16-6-12(11)19)18-8-2-3-10(15)9(14)4-8/h2-7H,1H3,(H,16,18). The molecule has 2 aromatic heterocycles. The molecule has 3 rings (SSSR count). The van der Waals surface area contributed by atoms with Crippen molar-refractivity contribution in [1.29, 1.82) is 0 Å². The monoisotopic (exact) mass is 276 g/mol. The Bertz CT molecular complexity index is 753. The summed E-state index contributed by atoms with van der Waals surface area (Å²) >= 11 is 5.73. The number of halogens is 2. The summed E-state index contributed by atoms with van der Waals surface area (Å²) in [6.07, 6.45) is 3.46. The molecule has 2 heterocycles. The number of hydrogen-bond donors (Lipinski definition) is 1. The number of nitrogens with one attached hydrogen (secondary N) is 1. The minimum atomic E-state index is -0.444. The van der Waals surface area contributed by atoms with Crippen LogP contribution >= 0.6 is 11.6 Å². The average Bonchev–Trinajstić information content (AvgIpc) is 2.75. The number of pyridine rings is 1. The van der Waals surface area contributed by atoms with Gasteiger partial charge < -0.3 is 9.88 Å². The van der Waals surface area contributed by atoms with Crippen molar-refractivity contribution in [3.63, 3.8) is 0 Å².